The molecule has 0 fully saturated rings. The van der Waals surface area contributed by atoms with Crippen LogP contribution in [0.4, 0.5) is 5.69 Å². The van der Waals surface area contributed by atoms with E-state index >= 15 is 0 Å². The molecule has 0 aliphatic heterocycles. The van der Waals surface area contributed by atoms with Crippen LogP contribution >= 0.6 is 67.8 Å². The lowest BCUT2D eigenvalue weighted by atomic mass is 10.3. The van der Waals surface area contributed by atoms with Gasteiger partial charge in [-0.25, -0.2) is 0 Å². The number of rotatable bonds is 1. The van der Waals surface area contributed by atoms with Crippen molar-refractivity contribution in [2.45, 2.75) is 0 Å². The number of nitrogens with zero attached hydrogens (tertiary/aromatic N) is 1. The molecule has 0 heterocycles. The lowest BCUT2D eigenvalue weighted by Crippen LogP contribution is -2.11. The maximum Gasteiger partial charge on any atom is 0.0518 e. The molecule has 1 rings (SSSR count). The predicted molar refractivity (Wildman–Crippen MR) is 78.9 cm³/mol. The van der Waals surface area contributed by atoms with Crippen LogP contribution in [0.25, 0.3) is 0 Å². The summed E-state index contributed by atoms with van der Waals surface area (Å²) in [4.78, 5) is 2.14. The van der Waals surface area contributed by atoms with E-state index in [9.17, 15) is 0 Å². The largest absolute Gasteiger partial charge is 0.377 e. The summed E-state index contributed by atoms with van der Waals surface area (Å²) < 4.78 is 3.95. The smallest absolute Gasteiger partial charge is 0.0518 e. The van der Waals surface area contributed by atoms with Gasteiger partial charge >= 0.3 is 0 Å². The Morgan fingerprint density at radius 3 is 2.17 bits per heavy atom. The van der Waals surface area contributed by atoms with Crippen LogP contribution in [0.3, 0.4) is 0 Å². The Hall–Kier alpha value is 1.21. The van der Waals surface area contributed by atoms with Gasteiger partial charge in [-0.15, -0.1) is 0 Å². The molecule has 0 unspecified atom stereocenters. The van der Waals surface area contributed by atoms with E-state index in [4.69, 9.17) is 0 Å². The van der Waals surface area contributed by atoms with E-state index in [1.165, 1.54) is 16.4 Å². The molecule has 0 amide bonds. The summed E-state index contributed by atoms with van der Waals surface area (Å²) in [6.45, 7) is 0. The van der Waals surface area contributed by atoms with Gasteiger partial charge < -0.3 is 4.90 Å². The molecule has 0 saturated carbocycles. The van der Waals surface area contributed by atoms with Gasteiger partial charge in [0.1, 0.15) is 0 Å². The predicted octanol–water partition coefficient (Wildman–Crippen LogP) is 3.57. The first-order chi connectivity index (χ1) is 5.52. The Balaban J connectivity index is 3.28. The number of halogens is 3. The van der Waals surface area contributed by atoms with Crippen molar-refractivity contribution in [2.24, 2.45) is 0 Å². The minimum Gasteiger partial charge on any atom is -0.377 e. The van der Waals surface area contributed by atoms with Crippen LogP contribution < -0.4 is 4.90 Å². The third-order valence-corrected chi connectivity index (χ3v) is 5.09. The number of benzene rings is 1. The molecular formula is C8H8I3N. The fourth-order valence-electron chi connectivity index (χ4n) is 0.868. The number of hydrogen-bond acceptors (Lipinski definition) is 1. The van der Waals surface area contributed by atoms with E-state index < -0.39 is 0 Å². The van der Waals surface area contributed by atoms with E-state index in [1.54, 1.807) is 0 Å². The van der Waals surface area contributed by atoms with Crippen LogP contribution in [-0.2, 0) is 0 Å². The second kappa shape index (κ2) is 4.63. The van der Waals surface area contributed by atoms with E-state index in [0.717, 1.165) is 0 Å². The van der Waals surface area contributed by atoms with Crippen LogP contribution in [0.1, 0.15) is 0 Å². The van der Waals surface area contributed by atoms with Gasteiger partial charge in [0.15, 0.2) is 0 Å². The first kappa shape index (κ1) is 11.3. The summed E-state index contributed by atoms with van der Waals surface area (Å²) in [5.74, 6) is 0. The lowest BCUT2D eigenvalue weighted by Gasteiger charge is -2.15. The molecule has 0 bridgehead atoms. The van der Waals surface area contributed by atoms with Gasteiger partial charge in [0.05, 0.1) is 5.69 Å². The van der Waals surface area contributed by atoms with E-state index in [2.05, 4.69) is 98.9 Å². The van der Waals surface area contributed by atoms with Gasteiger partial charge in [0.25, 0.3) is 0 Å². The number of hydrogen-bond donors (Lipinski definition) is 0. The first-order valence-corrected chi connectivity index (χ1v) is 6.58. The van der Waals surface area contributed by atoms with Crippen LogP contribution in [0, 0.1) is 10.7 Å². The highest BCUT2D eigenvalue weighted by Gasteiger charge is 2.06. The average molecular weight is 499 g/mol. The maximum atomic E-state index is 2.38. The van der Waals surface area contributed by atoms with Gasteiger partial charge in [-0.3, -0.25) is 0 Å². The van der Waals surface area contributed by atoms with Crippen molar-refractivity contribution in [3.05, 3.63) is 22.8 Å². The molecule has 0 aromatic heterocycles. The summed E-state index contributed by atoms with van der Waals surface area (Å²) in [6.07, 6.45) is 0. The molecule has 0 N–H and O–H groups in total. The zero-order valence-electron chi connectivity index (χ0n) is 6.74. The molecule has 0 saturated heterocycles. The van der Waals surface area contributed by atoms with Crippen molar-refractivity contribution in [2.75, 3.05) is 19.0 Å². The fourth-order valence-corrected chi connectivity index (χ4v) is 3.48. The first-order valence-electron chi connectivity index (χ1n) is 3.34. The summed E-state index contributed by atoms with van der Waals surface area (Å²) in [5, 5.41) is 0. The molecule has 0 spiro atoms. The molecule has 1 aromatic rings. The van der Waals surface area contributed by atoms with Gasteiger partial charge in [0, 0.05) is 24.8 Å². The van der Waals surface area contributed by atoms with Crippen molar-refractivity contribution in [1.29, 1.82) is 0 Å². The van der Waals surface area contributed by atoms with Crippen LogP contribution in [0.15, 0.2) is 12.1 Å². The van der Waals surface area contributed by atoms with Crippen LogP contribution in [-0.4, -0.2) is 14.1 Å². The normalized spacial score (nSPS) is 10.1. The quantitative estimate of drug-likeness (QED) is 0.423. The molecule has 0 aliphatic carbocycles. The topological polar surface area (TPSA) is 3.24 Å². The van der Waals surface area contributed by atoms with Gasteiger partial charge in [-0.05, 0) is 79.9 Å². The minimum absolute atomic E-state index is 1.29. The highest BCUT2D eigenvalue weighted by molar-refractivity contribution is 14.1. The molecular weight excluding hydrogens is 491 g/mol. The Labute approximate surface area is 114 Å². The highest BCUT2D eigenvalue weighted by atomic mass is 127. The molecule has 0 radical (unpaired) electrons. The summed E-state index contributed by atoms with van der Waals surface area (Å²) in [5.41, 5.74) is 1.30. The zero-order chi connectivity index (χ0) is 9.30. The Kier molecular flexibility index (Phi) is 4.35. The Bertz CT molecular complexity index is 297. The van der Waals surface area contributed by atoms with Crippen molar-refractivity contribution < 1.29 is 0 Å². The minimum atomic E-state index is 1.29. The van der Waals surface area contributed by atoms with Crippen molar-refractivity contribution in [1.82, 2.24) is 0 Å². The lowest BCUT2D eigenvalue weighted by molar-refractivity contribution is 1.12. The molecule has 1 aromatic carbocycles. The Morgan fingerprint density at radius 1 is 1.08 bits per heavy atom. The molecule has 66 valence electrons. The maximum absolute atomic E-state index is 2.38. The fraction of sp³-hybridized carbons (Fsp3) is 0.250. The van der Waals surface area contributed by atoms with E-state index in [0.29, 0.717) is 0 Å². The van der Waals surface area contributed by atoms with E-state index in [1.807, 2.05) is 0 Å². The average Bonchev–Trinajstić information content (AvgIpc) is 1.96. The molecule has 0 atom stereocenters. The van der Waals surface area contributed by atoms with E-state index in [-0.39, 0.29) is 0 Å². The van der Waals surface area contributed by atoms with Gasteiger partial charge in [0.2, 0.25) is 0 Å². The third-order valence-electron chi connectivity index (χ3n) is 1.46. The molecule has 1 nitrogen and oxygen atoms in total. The van der Waals surface area contributed by atoms with Crippen LogP contribution in [0.5, 0.6) is 0 Å². The molecule has 4 heteroatoms. The molecule has 12 heavy (non-hydrogen) atoms. The zero-order valence-corrected chi connectivity index (χ0v) is 13.2. The van der Waals surface area contributed by atoms with Gasteiger partial charge in [-0.2, -0.15) is 0 Å². The van der Waals surface area contributed by atoms with Crippen molar-refractivity contribution in [3.8, 4) is 0 Å². The molecule has 0 aliphatic rings. The second-order valence-corrected chi connectivity index (χ2v) is 6.10. The third kappa shape index (κ3) is 2.60. The highest BCUT2D eigenvalue weighted by Crippen LogP contribution is 2.28. The van der Waals surface area contributed by atoms with Crippen molar-refractivity contribution >= 4 is 73.5 Å². The summed E-state index contributed by atoms with van der Waals surface area (Å²) in [6, 6.07) is 4.39. The standard InChI is InChI=1S/C8H8I3N/c1-12(2)7-4-5(9)3-6(10)8(7)11/h3-4H,1-2H3. The second-order valence-electron chi connectivity index (χ2n) is 2.62. The summed E-state index contributed by atoms with van der Waals surface area (Å²) in [7, 11) is 4.15. The monoisotopic (exact) mass is 499 g/mol. The van der Waals surface area contributed by atoms with Crippen LogP contribution in [0.2, 0.25) is 0 Å². The number of anilines is 1. The SMILES string of the molecule is CN(C)c1cc(I)cc(I)c1I. The Morgan fingerprint density at radius 2 is 1.67 bits per heavy atom. The van der Waals surface area contributed by atoms with Gasteiger partial charge in [-0.1, -0.05) is 0 Å². The van der Waals surface area contributed by atoms with Crippen molar-refractivity contribution in [3.63, 3.8) is 0 Å². The summed E-state index contributed by atoms with van der Waals surface area (Å²) >= 11 is 7.10.